The SMILES string of the molecule is CCC(CCOCCOC)c1cc(O)c(C(c2cccc(NS(=O)(=O)c3cn(C)cn3)c2)C2CC2)c(=O)o1. The van der Waals surface area contributed by atoms with Crippen LogP contribution >= 0.6 is 0 Å². The number of anilines is 1. The number of imidazole rings is 1. The van der Waals surface area contributed by atoms with Crippen molar-refractivity contribution in [1.82, 2.24) is 9.55 Å². The van der Waals surface area contributed by atoms with Crippen LogP contribution in [-0.2, 0) is 26.5 Å². The van der Waals surface area contributed by atoms with Crippen LogP contribution in [0.5, 0.6) is 5.75 Å². The van der Waals surface area contributed by atoms with E-state index in [1.807, 2.05) is 13.0 Å². The monoisotopic (exact) mass is 545 g/mol. The number of aryl methyl sites for hydroxylation is 1. The summed E-state index contributed by atoms with van der Waals surface area (Å²) in [5.74, 6) is -0.0220. The van der Waals surface area contributed by atoms with Crippen LogP contribution in [0.3, 0.4) is 0 Å². The van der Waals surface area contributed by atoms with Crippen LogP contribution in [-0.4, -0.2) is 50.0 Å². The minimum atomic E-state index is -3.88. The highest BCUT2D eigenvalue weighted by Crippen LogP contribution is 2.48. The third-order valence-corrected chi connectivity index (χ3v) is 8.05. The van der Waals surface area contributed by atoms with Crippen LogP contribution < -0.4 is 10.3 Å². The molecule has 0 spiro atoms. The van der Waals surface area contributed by atoms with Crippen LogP contribution in [0, 0.1) is 5.92 Å². The predicted octanol–water partition coefficient (Wildman–Crippen LogP) is 3.97. The lowest BCUT2D eigenvalue weighted by Gasteiger charge is -2.20. The van der Waals surface area contributed by atoms with Gasteiger partial charge in [0.15, 0.2) is 5.03 Å². The maximum absolute atomic E-state index is 13.2. The van der Waals surface area contributed by atoms with Crippen molar-refractivity contribution in [2.45, 2.75) is 49.5 Å². The first-order valence-electron chi connectivity index (χ1n) is 12.8. The molecular formula is C27H35N3O7S. The molecule has 206 valence electrons. The zero-order valence-electron chi connectivity index (χ0n) is 21.9. The molecule has 2 N–H and O–H groups in total. The number of rotatable bonds is 14. The van der Waals surface area contributed by atoms with Gasteiger partial charge in [0.05, 0.1) is 25.1 Å². The molecule has 2 unspecified atom stereocenters. The summed E-state index contributed by atoms with van der Waals surface area (Å²) in [6, 6.07) is 8.44. The highest BCUT2D eigenvalue weighted by molar-refractivity contribution is 7.92. The van der Waals surface area contributed by atoms with Gasteiger partial charge in [-0.2, -0.15) is 8.42 Å². The number of aromatic nitrogens is 2. The van der Waals surface area contributed by atoms with Gasteiger partial charge in [-0.15, -0.1) is 0 Å². The molecule has 10 nitrogen and oxygen atoms in total. The Balaban J connectivity index is 1.58. The van der Waals surface area contributed by atoms with Crippen LogP contribution in [0.15, 0.2) is 57.1 Å². The van der Waals surface area contributed by atoms with Crippen molar-refractivity contribution in [3.05, 3.63) is 70.2 Å². The molecule has 0 bridgehead atoms. The standard InChI is InChI=1S/C27H35N3O7S/c1-4-18(10-11-36-13-12-35-3)23-15-22(31)26(27(32)37-23)25(19-8-9-19)20-6-5-7-21(14-20)29-38(33,34)24-16-30(2)17-28-24/h5-7,14-19,25,29,31H,4,8-13H2,1-3H3. The summed E-state index contributed by atoms with van der Waals surface area (Å²) in [6.07, 6.45) is 5.99. The predicted molar refractivity (Wildman–Crippen MR) is 142 cm³/mol. The second-order valence-corrected chi connectivity index (χ2v) is 11.3. The van der Waals surface area contributed by atoms with Crippen molar-refractivity contribution in [2.24, 2.45) is 13.0 Å². The van der Waals surface area contributed by atoms with Gasteiger partial charge in [0, 0.05) is 50.6 Å². The molecule has 11 heteroatoms. The largest absolute Gasteiger partial charge is 0.507 e. The van der Waals surface area contributed by atoms with E-state index in [9.17, 15) is 18.3 Å². The first-order valence-corrected chi connectivity index (χ1v) is 14.3. The van der Waals surface area contributed by atoms with Gasteiger partial charge in [0.1, 0.15) is 11.5 Å². The summed E-state index contributed by atoms with van der Waals surface area (Å²) in [6.45, 7) is 3.48. The van der Waals surface area contributed by atoms with Crippen LogP contribution in [0.4, 0.5) is 5.69 Å². The Bertz CT molecular complexity index is 1400. The number of hydrogen-bond donors (Lipinski definition) is 2. The number of nitrogens with one attached hydrogen (secondary N) is 1. The summed E-state index contributed by atoms with van der Waals surface area (Å²) < 4.78 is 46.0. The highest BCUT2D eigenvalue weighted by atomic mass is 32.2. The normalized spacial score (nSPS) is 15.3. The minimum Gasteiger partial charge on any atom is -0.507 e. The molecular weight excluding hydrogens is 510 g/mol. The molecule has 38 heavy (non-hydrogen) atoms. The van der Waals surface area contributed by atoms with E-state index in [0.717, 1.165) is 24.8 Å². The summed E-state index contributed by atoms with van der Waals surface area (Å²) >= 11 is 0. The van der Waals surface area contributed by atoms with Gasteiger partial charge in [-0.05, 0) is 49.3 Å². The van der Waals surface area contributed by atoms with Gasteiger partial charge in [0.2, 0.25) is 0 Å². The molecule has 1 aliphatic rings. The molecule has 0 radical (unpaired) electrons. The summed E-state index contributed by atoms with van der Waals surface area (Å²) in [4.78, 5) is 17.2. The topological polar surface area (TPSA) is 133 Å². The lowest BCUT2D eigenvalue weighted by atomic mass is 9.87. The maximum Gasteiger partial charge on any atom is 0.343 e. The van der Waals surface area contributed by atoms with E-state index in [1.165, 1.54) is 12.5 Å². The zero-order chi connectivity index (χ0) is 27.3. The lowest BCUT2D eigenvalue weighted by Crippen LogP contribution is -2.18. The quantitative estimate of drug-likeness (QED) is 0.291. The van der Waals surface area contributed by atoms with Crippen LogP contribution in [0.25, 0.3) is 0 Å². The first-order chi connectivity index (χ1) is 18.2. The molecule has 0 amide bonds. The Labute approximate surface area is 222 Å². The summed E-state index contributed by atoms with van der Waals surface area (Å²) in [5.41, 5.74) is 0.698. The third-order valence-electron chi connectivity index (χ3n) is 6.78. The van der Waals surface area contributed by atoms with Gasteiger partial charge in [-0.1, -0.05) is 19.1 Å². The Hall–Kier alpha value is -3.15. The fraction of sp³-hybridized carbons (Fsp3) is 0.481. The molecule has 0 aliphatic heterocycles. The van der Waals surface area contributed by atoms with Crippen molar-refractivity contribution >= 4 is 15.7 Å². The maximum atomic E-state index is 13.2. The van der Waals surface area contributed by atoms with Crippen molar-refractivity contribution in [2.75, 3.05) is 31.7 Å². The number of nitrogens with zero attached hydrogens (tertiary/aromatic N) is 2. The molecule has 2 atom stereocenters. The highest BCUT2D eigenvalue weighted by Gasteiger charge is 2.38. The van der Waals surface area contributed by atoms with Gasteiger partial charge >= 0.3 is 5.63 Å². The number of benzene rings is 1. The van der Waals surface area contributed by atoms with Gasteiger partial charge in [0.25, 0.3) is 10.0 Å². The molecule has 3 aromatic rings. The molecule has 1 aliphatic carbocycles. The smallest absolute Gasteiger partial charge is 0.343 e. The third kappa shape index (κ3) is 6.64. The number of hydrogen-bond acceptors (Lipinski definition) is 8. The van der Waals surface area contributed by atoms with E-state index < -0.39 is 21.6 Å². The lowest BCUT2D eigenvalue weighted by molar-refractivity contribution is 0.0659. The fourth-order valence-electron chi connectivity index (χ4n) is 4.65. The number of methoxy groups -OCH3 is 1. The van der Waals surface area contributed by atoms with E-state index >= 15 is 0 Å². The van der Waals surface area contributed by atoms with E-state index in [4.69, 9.17) is 13.9 Å². The molecule has 1 fully saturated rings. The molecule has 1 aromatic carbocycles. The average Bonchev–Trinajstić information content (AvgIpc) is 3.61. The van der Waals surface area contributed by atoms with E-state index in [-0.39, 0.29) is 28.2 Å². The van der Waals surface area contributed by atoms with Crippen molar-refractivity contribution < 1.29 is 27.4 Å². The van der Waals surface area contributed by atoms with Gasteiger partial charge in [-0.25, -0.2) is 9.78 Å². The second-order valence-electron chi connectivity index (χ2n) is 9.66. The van der Waals surface area contributed by atoms with E-state index in [0.29, 0.717) is 37.7 Å². The Kier molecular flexibility index (Phi) is 8.91. The molecule has 2 heterocycles. The molecule has 2 aromatic heterocycles. The van der Waals surface area contributed by atoms with Gasteiger partial charge < -0.3 is 23.6 Å². The van der Waals surface area contributed by atoms with E-state index in [2.05, 4.69) is 9.71 Å². The van der Waals surface area contributed by atoms with Crippen molar-refractivity contribution in [3.8, 4) is 5.75 Å². The van der Waals surface area contributed by atoms with Crippen molar-refractivity contribution in [3.63, 3.8) is 0 Å². The first kappa shape index (κ1) is 27.9. The Morgan fingerprint density at radius 3 is 2.66 bits per heavy atom. The fourth-order valence-corrected chi connectivity index (χ4v) is 5.68. The minimum absolute atomic E-state index is 0.0751. The van der Waals surface area contributed by atoms with Crippen LogP contribution in [0.1, 0.15) is 61.3 Å². The average molecular weight is 546 g/mol. The number of sulfonamides is 1. The molecule has 0 saturated heterocycles. The molecule has 4 rings (SSSR count). The Morgan fingerprint density at radius 1 is 1.24 bits per heavy atom. The van der Waals surface area contributed by atoms with Gasteiger partial charge in [-0.3, -0.25) is 4.72 Å². The summed E-state index contributed by atoms with van der Waals surface area (Å²) in [5, 5.41) is 11.0. The summed E-state index contributed by atoms with van der Waals surface area (Å²) in [7, 11) is -0.576. The number of aromatic hydroxyl groups is 1. The van der Waals surface area contributed by atoms with E-state index in [1.54, 1.807) is 43.0 Å². The zero-order valence-corrected chi connectivity index (χ0v) is 22.7. The van der Waals surface area contributed by atoms with Crippen LogP contribution in [0.2, 0.25) is 0 Å². The molecule has 1 saturated carbocycles. The van der Waals surface area contributed by atoms with Crippen molar-refractivity contribution in [1.29, 1.82) is 0 Å². The second kappa shape index (κ2) is 12.1. The number of ether oxygens (including phenoxy) is 2. The Morgan fingerprint density at radius 2 is 2.03 bits per heavy atom.